The van der Waals surface area contributed by atoms with Gasteiger partial charge in [-0.1, -0.05) is 0 Å². The van der Waals surface area contributed by atoms with Crippen LogP contribution >= 0.6 is 0 Å². The summed E-state index contributed by atoms with van der Waals surface area (Å²) in [5.74, 6) is -2.10. The fourth-order valence-corrected chi connectivity index (χ4v) is 6.14. The number of aromatic hydroxyl groups is 2. The highest BCUT2D eigenvalue weighted by Gasteiger charge is 2.48. The zero-order valence-electron chi connectivity index (χ0n) is 27.7. The van der Waals surface area contributed by atoms with Crippen molar-refractivity contribution in [1.29, 1.82) is 0 Å². The monoisotopic (exact) mass is 756 g/mol. The van der Waals surface area contributed by atoms with E-state index in [1.807, 2.05) is 0 Å². The van der Waals surface area contributed by atoms with Gasteiger partial charge >= 0.3 is 0 Å². The number of rotatable bonds is 9. The van der Waals surface area contributed by atoms with Crippen molar-refractivity contribution in [3.8, 4) is 34.3 Å². The largest absolute Gasteiger partial charge is 0.508 e. The van der Waals surface area contributed by atoms with Gasteiger partial charge < -0.3 is 94.1 Å². The summed E-state index contributed by atoms with van der Waals surface area (Å²) in [7, 11) is 0. The fourth-order valence-electron chi connectivity index (χ4n) is 6.14. The van der Waals surface area contributed by atoms with Gasteiger partial charge in [0.25, 0.3) is 0 Å². The number of phenols is 2. The van der Waals surface area contributed by atoms with Crippen LogP contribution in [0.15, 0.2) is 45.6 Å². The average molecular weight is 757 g/mol. The maximum atomic E-state index is 14.0. The molecule has 4 heterocycles. The first-order valence-corrected chi connectivity index (χ1v) is 16.4. The van der Waals surface area contributed by atoms with Gasteiger partial charge in [-0.15, -0.1) is 0 Å². The number of fused-ring (bicyclic) bond motifs is 1. The van der Waals surface area contributed by atoms with Gasteiger partial charge in [-0.05, 0) is 31.2 Å². The highest BCUT2D eigenvalue weighted by Crippen LogP contribution is 2.38. The standard InChI is InChI=1S/C33H40O20/c1-10-19(37)23(41)27(45)32(48-10)49-13-6-14(36)18-15(7-13)50-29(11-2-4-12(35)5-3-11)30(22(18)40)53-33-28(46)25(43)21(39)17(52-33)9-47-31-26(44)24(42)20(38)16(8-34)51-31/h2-7,10,16-17,19-21,23-28,31-39,41-46H,8-9H2,1H3/t10-,16+,17+,19-,20+,21+,23+,24-,25-,26+,27+,28+,31+,32-,33-/m0/s1. The van der Waals surface area contributed by atoms with Crippen LogP contribution in [0.3, 0.4) is 0 Å². The molecule has 0 bridgehead atoms. The number of aliphatic hydroxyl groups excluding tert-OH is 10. The highest BCUT2D eigenvalue weighted by molar-refractivity contribution is 5.88. The molecule has 292 valence electrons. The van der Waals surface area contributed by atoms with Crippen LogP contribution in [0.25, 0.3) is 22.3 Å². The SMILES string of the molecule is C[C@@H]1O[C@@H](Oc2cc(O)c3c(=O)c(O[C@@H]4O[C@H](CO[C@@H]5O[C@H](CO)[C@@H](O)[C@H](O)[C@H]5O)[C@@H](O)[C@H](O)[C@H]4O)c(-c4ccc(O)cc4)oc3c2)[C@H](O)[C@H](O)[C@H]1O. The van der Waals surface area contributed by atoms with Gasteiger partial charge in [0, 0.05) is 17.7 Å². The summed E-state index contributed by atoms with van der Waals surface area (Å²) in [5.41, 5.74) is -1.22. The zero-order chi connectivity index (χ0) is 38.5. The first-order valence-electron chi connectivity index (χ1n) is 16.4. The van der Waals surface area contributed by atoms with Crippen LogP contribution in [0.4, 0.5) is 0 Å². The average Bonchev–Trinajstić information content (AvgIpc) is 3.13. The van der Waals surface area contributed by atoms with Gasteiger partial charge in [-0.25, -0.2) is 0 Å². The molecule has 0 spiro atoms. The van der Waals surface area contributed by atoms with E-state index in [9.17, 15) is 66.1 Å². The van der Waals surface area contributed by atoms with E-state index >= 15 is 0 Å². The Morgan fingerprint density at radius 3 is 1.87 bits per heavy atom. The third kappa shape index (κ3) is 7.52. The lowest BCUT2D eigenvalue weighted by atomic mass is 9.98. The van der Waals surface area contributed by atoms with Crippen LogP contribution in [0, 0.1) is 0 Å². The second kappa shape index (κ2) is 15.6. The summed E-state index contributed by atoms with van der Waals surface area (Å²) < 4.78 is 39.3. The molecule has 12 N–H and O–H groups in total. The molecule has 1 aromatic heterocycles. The first-order chi connectivity index (χ1) is 25.1. The minimum absolute atomic E-state index is 0.118. The molecule has 20 heteroatoms. The third-order valence-electron chi connectivity index (χ3n) is 9.27. The van der Waals surface area contributed by atoms with Gasteiger partial charge in [0.05, 0.1) is 19.3 Å². The number of hydrogen-bond acceptors (Lipinski definition) is 20. The van der Waals surface area contributed by atoms with Crippen molar-refractivity contribution in [1.82, 2.24) is 0 Å². The maximum absolute atomic E-state index is 14.0. The van der Waals surface area contributed by atoms with Crippen molar-refractivity contribution < 1.29 is 94.1 Å². The van der Waals surface area contributed by atoms with Crippen molar-refractivity contribution in [3.63, 3.8) is 0 Å². The minimum atomic E-state index is -2.01. The lowest BCUT2D eigenvalue weighted by Crippen LogP contribution is -2.62. The molecule has 3 aliphatic heterocycles. The summed E-state index contributed by atoms with van der Waals surface area (Å²) in [6.45, 7) is -0.00876. The smallest absolute Gasteiger partial charge is 0.239 e. The number of benzene rings is 2. The predicted molar refractivity (Wildman–Crippen MR) is 171 cm³/mol. The lowest BCUT2D eigenvalue weighted by molar-refractivity contribution is -0.323. The molecule has 0 radical (unpaired) electrons. The van der Waals surface area contributed by atoms with Crippen molar-refractivity contribution in [3.05, 3.63) is 46.6 Å². The molecule has 0 unspecified atom stereocenters. The second-order valence-corrected chi connectivity index (χ2v) is 12.9. The van der Waals surface area contributed by atoms with E-state index in [0.717, 1.165) is 12.1 Å². The quantitative estimate of drug-likeness (QED) is 0.0992. The zero-order valence-corrected chi connectivity index (χ0v) is 27.7. The molecule has 0 amide bonds. The molecule has 0 aliphatic carbocycles. The van der Waals surface area contributed by atoms with Gasteiger partial charge in [0.15, 0.2) is 12.1 Å². The summed E-state index contributed by atoms with van der Waals surface area (Å²) >= 11 is 0. The third-order valence-corrected chi connectivity index (χ3v) is 9.27. The Kier molecular flexibility index (Phi) is 11.5. The van der Waals surface area contributed by atoms with Gasteiger partial charge in [-0.2, -0.15) is 0 Å². The van der Waals surface area contributed by atoms with Crippen LogP contribution in [0.2, 0.25) is 0 Å². The minimum Gasteiger partial charge on any atom is -0.508 e. The van der Waals surface area contributed by atoms with Crippen molar-refractivity contribution in [2.45, 2.75) is 99.0 Å². The van der Waals surface area contributed by atoms with E-state index in [-0.39, 0.29) is 28.4 Å². The number of aliphatic hydroxyl groups is 10. The van der Waals surface area contributed by atoms with Crippen LogP contribution in [0.1, 0.15) is 6.92 Å². The molecule has 6 rings (SSSR count). The summed E-state index contributed by atoms with van der Waals surface area (Å²) in [4.78, 5) is 14.0. The van der Waals surface area contributed by atoms with Crippen LogP contribution in [-0.2, 0) is 18.9 Å². The normalized spacial score (nSPS) is 37.8. The van der Waals surface area contributed by atoms with E-state index in [4.69, 9.17) is 32.8 Å². The van der Waals surface area contributed by atoms with Crippen molar-refractivity contribution in [2.24, 2.45) is 0 Å². The van der Waals surface area contributed by atoms with E-state index in [1.165, 1.54) is 31.2 Å². The fraction of sp³-hybridized carbons (Fsp3) is 0.545. The molecule has 0 saturated carbocycles. The van der Waals surface area contributed by atoms with Gasteiger partial charge in [0.2, 0.25) is 23.8 Å². The molecule has 20 nitrogen and oxygen atoms in total. The second-order valence-electron chi connectivity index (χ2n) is 12.9. The van der Waals surface area contributed by atoms with E-state index in [0.29, 0.717) is 0 Å². The van der Waals surface area contributed by atoms with Crippen LogP contribution in [-0.4, -0.2) is 167 Å². The van der Waals surface area contributed by atoms with Gasteiger partial charge in [-0.3, -0.25) is 4.79 Å². The van der Waals surface area contributed by atoms with Crippen molar-refractivity contribution >= 4 is 11.0 Å². The Hall–Kier alpha value is -3.71. The summed E-state index contributed by atoms with van der Waals surface area (Å²) in [6.07, 6.45) is -24.8. The van der Waals surface area contributed by atoms with Crippen molar-refractivity contribution in [2.75, 3.05) is 13.2 Å². The molecule has 3 aromatic rings. The predicted octanol–water partition coefficient (Wildman–Crippen LogP) is -3.92. The first kappa shape index (κ1) is 39.0. The number of phenolic OH excluding ortho intramolecular Hbond substituents is 2. The maximum Gasteiger partial charge on any atom is 0.239 e. The topological polar surface area (TPSA) is 328 Å². The molecule has 15 atom stereocenters. The molecular formula is C33H40O20. The lowest BCUT2D eigenvalue weighted by Gasteiger charge is -2.42. The van der Waals surface area contributed by atoms with Gasteiger partial charge in [0.1, 0.15) is 95.4 Å². The Labute approximate surface area is 298 Å². The summed E-state index contributed by atoms with van der Waals surface area (Å²) in [5, 5.41) is 123. The Bertz CT molecular complexity index is 1780. The molecule has 3 aliphatic rings. The highest BCUT2D eigenvalue weighted by atomic mass is 16.7. The van der Waals surface area contributed by atoms with Crippen LogP contribution < -0.4 is 14.9 Å². The van der Waals surface area contributed by atoms with Crippen LogP contribution in [0.5, 0.6) is 23.0 Å². The number of ether oxygens (including phenoxy) is 6. The van der Waals surface area contributed by atoms with E-state index in [1.54, 1.807) is 0 Å². The Morgan fingerprint density at radius 2 is 1.23 bits per heavy atom. The molecule has 3 fully saturated rings. The Balaban J connectivity index is 1.31. The van der Waals surface area contributed by atoms with E-state index < -0.39 is 128 Å². The summed E-state index contributed by atoms with van der Waals surface area (Å²) in [6, 6.07) is 7.30. The molecular weight excluding hydrogens is 716 g/mol. The molecule has 2 aromatic carbocycles. The Morgan fingerprint density at radius 1 is 0.660 bits per heavy atom. The molecule has 53 heavy (non-hydrogen) atoms. The van der Waals surface area contributed by atoms with E-state index in [2.05, 4.69) is 0 Å². The molecule has 3 saturated heterocycles. The number of hydrogen-bond donors (Lipinski definition) is 12.